The van der Waals surface area contributed by atoms with E-state index >= 15 is 0 Å². The molecule has 0 aliphatic heterocycles. The molecule has 1 heterocycles. The fraction of sp³-hybridized carbons (Fsp3) is 0.467. The molecule has 2 aromatic rings. The number of nitrogens with one attached hydrogen (secondary N) is 1. The number of aromatic nitrogens is 4. The van der Waals surface area contributed by atoms with Gasteiger partial charge in [0, 0.05) is 0 Å². The summed E-state index contributed by atoms with van der Waals surface area (Å²) < 4.78 is 1.84. The normalized spacial score (nSPS) is 15.0. The number of nitrogens with zero attached hydrogens (tertiary/aromatic N) is 4. The Morgan fingerprint density at radius 1 is 1.30 bits per heavy atom. The van der Waals surface area contributed by atoms with Crippen LogP contribution in [0.25, 0.3) is 0 Å². The Labute approximate surface area is 138 Å². The summed E-state index contributed by atoms with van der Waals surface area (Å²) in [5.74, 6) is 0.0221. The van der Waals surface area contributed by atoms with E-state index in [2.05, 4.69) is 21.0 Å². The largest absolute Gasteiger partial charge is 0.272 e. The van der Waals surface area contributed by atoms with Crippen molar-refractivity contribution in [2.75, 3.05) is 5.75 Å². The minimum atomic E-state index is -0.202. The van der Waals surface area contributed by atoms with Crippen LogP contribution in [0.5, 0.6) is 0 Å². The Hall–Kier alpha value is -1.93. The standard InChI is InChI=1S/C15H19N5O2S/c21-14(17-22-10-12-6-2-1-3-7-12)11-23-15-16-18-19-20(15)13-8-4-5-9-13/h1-3,6-7,13H,4-5,8-11H2,(H,17,21). The Morgan fingerprint density at radius 3 is 2.87 bits per heavy atom. The zero-order valence-electron chi connectivity index (χ0n) is 12.7. The molecule has 0 radical (unpaired) electrons. The highest BCUT2D eigenvalue weighted by Crippen LogP contribution is 2.31. The van der Waals surface area contributed by atoms with Gasteiger partial charge >= 0.3 is 0 Å². The van der Waals surface area contributed by atoms with Gasteiger partial charge in [-0.25, -0.2) is 10.2 Å². The number of thioether (sulfide) groups is 1. The number of carbonyl (C=O) groups is 1. The third kappa shape index (κ3) is 4.52. The van der Waals surface area contributed by atoms with Crippen LogP contribution in [0.15, 0.2) is 35.5 Å². The van der Waals surface area contributed by atoms with Crippen LogP contribution in [0.2, 0.25) is 0 Å². The van der Waals surface area contributed by atoms with E-state index in [0.29, 0.717) is 17.8 Å². The number of carbonyl (C=O) groups excluding carboxylic acids is 1. The Kier molecular flexibility index (Phi) is 5.60. The van der Waals surface area contributed by atoms with Gasteiger partial charge in [0.2, 0.25) is 5.16 Å². The molecule has 0 saturated heterocycles. The number of amides is 1. The van der Waals surface area contributed by atoms with E-state index in [1.165, 1.54) is 24.6 Å². The van der Waals surface area contributed by atoms with E-state index in [1.807, 2.05) is 35.0 Å². The van der Waals surface area contributed by atoms with Crippen molar-refractivity contribution in [1.29, 1.82) is 0 Å². The van der Waals surface area contributed by atoms with E-state index in [-0.39, 0.29) is 11.7 Å². The molecule has 1 aliphatic rings. The Balaban J connectivity index is 1.41. The number of hydrogen-bond acceptors (Lipinski definition) is 6. The van der Waals surface area contributed by atoms with E-state index in [4.69, 9.17) is 4.84 Å². The summed E-state index contributed by atoms with van der Waals surface area (Å²) in [6.07, 6.45) is 4.63. The van der Waals surface area contributed by atoms with Crippen LogP contribution < -0.4 is 5.48 Å². The Morgan fingerprint density at radius 2 is 2.09 bits per heavy atom. The average molecular weight is 333 g/mol. The van der Waals surface area contributed by atoms with Gasteiger partial charge in [-0.1, -0.05) is 54.9 Å². The van der Waals surface area contributed by atoms with Crippen LogP contribution >= 0.6 is 11.8 Å². The molecule has 1 amide bonds. The number of rotatable bonds is 7. The summed E-state index contributed by atoms with van der Waals surface area (Å²) in [4.78, 5) is 17.0. The summed E-state index contributed by atoms with van der Waals surface area (Å²) in [5.41, 5.74) is 3.45. The smallest absolute Gasteiger partial charge is 0.254 e. The number of hydroxylamine groups is 1. The van der Waals surface area contributed by atoms with Crippen molar-refractivity contribution in [1.82, 2.24) is 25.7 Å². The third-order valence-electron chi connectivity index (χ3n) is 3.73. The van der Waals surface area contributed by atoms with Gasteiger partial charge in [0.05, 0.1) is 18.4 Å². The molecule has 1 aliphatic carbocycles. The molecule has 1 aromatic carbocycles. The minimum Gasteiger partial charge on any atom is -0.272 e. The maximum absolute atomic E-state index is 11.8. The molecule has 0 bridgehead atoms. The molecule has 1 saturated carbocycles. The Bertz CT molecular complexity index is 628. The monoisotopic (exact) mass is 333 g/mol. The second-order valence-corrected chi connectivity index (χ2v) is 6.37. The molecule has 1 fully saturated rings. The molecule has 0 unspecified atom stereocenters. The van der Waals surface area contributed by atoms with Crippen molar-refractivity contribution < 1.29 is 9.63 Å². The molecule has 122 valence electrons. The van der Waals surface area contributed by atoms with Crippen LogP contribution in [0.3, 0.4) is 0 Å². The minimum absolute atomic E-state index is 0.202. The van der Waals surface area contributed by atoms with Gasteiger partial charge < -0.3 is 0 Å². The van der Waals surface area contributed by atoms with Gasteiger partial charge in [-0.2, -0.15) is 0 Å². The molecular weight excluding hydrogens is 314 g/mol. The molecule has 3 rings (SSSR count). The zero-order valence-corrected chi connectivity index (χ0v) is 13.5. The second kappa shape index (κ2) is 8.07. The van der Waals surface area contributed by atoms with Gasteiger partial charge in [0.1, 0.15) is 0 Å². The van der Waals surface area contributed by atoms with Crippen molar-refractivity contribution in [3.05, 3.63) is 35.9 Å². The van der Waals surface area contributed by atoms with Gasteiger partial charge in [-0.15, -0.1) is 5.10 Å². The van der Waals surface area contributed by atoms with Gasteiger partial charge in [-0.05, 0) is 28.8 Å². The number of tetrazole rings is 1. The molecule has 1 aromatic heterocycles. The summed E-state index contributed by atoms with van der Waals surface area (Å²) in [5, 5.41) is 12.5. The van der Waals surface area contributed by atoms with E-state index in [1.54, 1.807) is 0 Å². The zero-order chi connectivity index (χ0) is 15.9. The van der Waals surface area contributed by atoms with Crippen LogP contribution in [0, 0.1) is 0 Å². The van der Waals surface area contributed by atoms with Crippen molar-refractivity contribution in [2.45, 2.75) is 43.5 Å². The molecular formula is C15H19N5O2S. The van der Waals surface area contributed by atoms with Gasteiger partial charge in [-0.3, -0.25) is 9.63 Å². The average Bonchev–Trinajstić information content (AvgIpc) is 3.25. The van der Waals surface area contributed by atoms with E-state index < -0.39 is 0 Å². The first-order valence-electron chi connectivity index (χ1n) is 7.68. The summed E-state index contributed by atoms with van der Waals surface area (Å²) in [6.45, 7) is 0.344. The fourth-order valence-electron chi connectivity index (χ4n) is 2.59. The SMILES string of the molecule is O=C(CSc1nnnn1C1CCCC1)NOCc1ccccc1. The van der Waals surface area contributed by atoms with Crippen LogP contribution in [-0.2, 0) is 16.2 Å². The highest BCUT2D eigenvalue weighted by Gasteiger charge is 2.22. The second-order valence-electron chi connectivity index (χ2n) is 5.43. The highest BCUT2D eigenvalue weighted by atomic mass is 32.2. The predicted octanol–water partition coefficient (Wildman–Crippen LogP) is 2.13. The number of hydrogen-bond donors (Lipinski definition) is 1. The van der Waals surface area contributed by atoms with Crippen LogP contribution in [0.4, 0.5) is 0 Å². The lowest BCUT2D eigenvalue weighted by molar-refractivity contribution is -0.131. The molecule has 0 atom stereocenters. The van der Waals surface area contributed by atoms with Crippen molar-refractivity contribution in [3.63, 3.8) is 0 Å². The first-order valence-corrected chi connectivity index (χ1v) is 8.67. The van der Waals surface area contributed by atoms with E-state index in [0.717, 1.165) is 18.4 Å². The maximum atomic E-state index is 11.8. The summed E-state index contributed by atoms with van der Waals surface area (Å²) >= 11 is 1.33. The lowest BCUT2D eigenvalue weighted by Gasteiger charge is -2.10. The lowest BCUT2D eigenvalue weighted by Crippen LogP contribution is -2.25. The van der Waals surface area contributed by atoms with Crippen molar-refractivity contribution >= 4 is 17.7 Å². The topological polar surface area (TPSA) is 81.9 Å². The molecule has 23 heavy (non-hydrogen) atoms. The molecule has 0 spiro atoms. The van der Waals surface area contributed by atoms with E-state index in [9.17, 15) is 4.79 Å². The molecule has 1 N–H and O–H groups in total. The van der Waals surface area contributed by atoms with Crippen molar-refractivity contribution in [2.24, 2.45) is 0 Å². The summed E-state index contributed by atoms with van der Waals surface area (Å²) in [7, 11) is 0. The first-order chi connectivity index (χ1) is 11.3. The molecule has 8 heteroatoms. The van der Waals surface area contributed by atoms with Gasteiger partial charge in [0.15, 0.2) is 0 Å². The number of benzene rings is 1. The van der Waals surface area contributed by atoms with Crippen molar-refractivity contribution in [3.8, 4) is 0 Å². The quantitative estimate of drug-likeness (QED) is 0.617. The maximum Gasteiger partial charge on any atom is 0.254 e. The first kappa shape index (κ1) is 15.9. The van der Waals surface area contributed by atoms with Crippen LogP contribution in [0.1, 0.15) is 37.3 Å². The lowest BCUT2D eigenvalue weighted by atomic mass is 10.2. The predicted molar refractivity (Wildman–Crippen MR) is 85.4 cm³/mol. The van der Waals surface area contributed by atoms with Gasteiger partial charge in [0.25, 0.3) is 5.91 Å². The summed E-state index contributed by atoms with van der Waals surface area (Å²) in [6, 6.07) is 10.0. The fourth-order valence-corrected chi connectivity index (χ4v) is 3.32. The highest BCUT2D eigenvalue weighted by molar-refractivity contribution is 7.99. The third-order valence-corrected chi connectivity index (χ3v) is 4.67. The molecule has 7 nitrogen and oxygen atoms in total. The van der Waals surface area contributed by atoms with Crippen LogP contribution in [-0.4, -0.2) is 31.9 Å².